The maximum atomic E-state index is 10.7. The Morgan fingerprint density at radius 2 is 0.900 bits per heavy atom. The van der Waals surface area contributed by atoms with E-state index in [0.29, 0.717) is 0 Å². The van der Waals surface area contributed by atoms with Crippen LogP contribution in [0.25, 0.3) is 0 Å². The molecule has 1 fully saturated rings. The van der Waals surface area contributed by atoms with Gasteiger partial charge in [-0.1, -0.05) is 0 Å². The minimum atomic E-state index is -5.20. The summed E-state index contributed by atoms with van der Waals surface area (Å²) in [5.41, 5.74) is 0. The molecule has 12 nitrogen and oxygen atoms in total. The number of phosphoric ester groups is 2. The number of phosphoric acid groups is 2. The first-order valence-electron chi connectivity index (χ1n) is 5.03. The van der Waals surface area contributed by atoms with Gasteiger partial charge >= 0.3 is 15.6 Å². The highest BCUT2D eigenvalue weighted by atomic mass is 31.2. The van der Waals surface area contributed by atoms with Crippen molar-refractivity contribution in [3.63, 3.8) is 0 Å². The van der Waals surface area contributed by atoms with Crippen LogP contribution in [0.5, 0.6) is 0 Å². The Bertz CT molecular complexity index is 390. The fourth-order valence-corrected chi connectivity index (χ4v) is 2.88. The molecule has 1 aliphatic rings. The zero-order valence-electron chi connectivity index (χ0n) is 9.57. The molecule has 14 heteroatoms. The average Bonchev–Trinajstić information content (AvgIpc) is 2.25. The molecular weight excluding hydrogens is 326 g/mol. The van der Waals surface area contributed by atoms with E-state index in [2.05, 4.69) is 9.05 Å². The molecule has 0 saturated heterocycles. The van der Waals surface area contributed by atoms with Crippen LogP contribution >= 0.6 is 15.6 Å². The molecule has 1 saturated carbocycles. The predicted octanol–water partition coefficient (Wildman–Crippen LogP) is -3.60. The third-order valence-corrected chi connectivity index (χ3v) is 3.60. The van der Waals surface area contributed by atoms with Crippen LogP contribution in [-0.2, 0) is 18.2 Å². The molecule has 0 aromatic heterocycles. The average molecular weight is 340 g/mol. The highest BCUT2D eigenvalue weighted by Gasteiger charge is 2.53. The van der Waals surface area contributed by atoms with Gasteiger partial charge in [0.2, 0.25) is 0 Å². The molecule has 6 atom stereocenters. The Labute approximate surface area is 111 Å². The fraction of sp³-hybridized carbons (Fsp3) is 1.00. The van der Waals surface area contributed by atoms with Crippen molar-refractivity contribution in [3.8, 4) is 0 Å². The van der Waals surface area contributed by atoms with Crippen LogP contribution in [-0.4, -0.2) is 76.6 Å². The van der Waals surface area contributed by atoms with Crippen LogP contribution in [0.3, 0.4) is 0 Å². The molecule has 4 unspecified atom stereocenters. The van der Waals surface area contributed by atoms with Crippen LogP contribution in [0.4, 0.5) is 0 Å². The molecule has 0 bridgehead atoms. The van der Waals surface area contributed by atoms with Crippen LogP contribution < -0.4 is 0 Å². The first-order chi connectivity index (χ1) is 8.83. The first-order valence-corrected chi connectivity index (χ1v) is 8.10. The summed E-state index contributed by atoms with van der Waals surface area (Å²) in [7, 11) is -10.4. The monoisotopic (exact) mass is 340 g/mol. The lowest BCUT2D eigenvalue weighted by Crippen LogP contribution is -2.64. The molecule has 20 heavy (non-hydrogen) atoms. The molecule has 0 heterocycles. The van der Waals surface area contributed by atoms with E-state index in [-0.39, 0.29) is 0 Å². The summed E-state index contributed by atoms with van der Waals surface area (Å²) in [6.45, 7) is 0. The molecule has 0 amide bonds. The predicted molar refractivity (Wildman–Crippen MR) is 57.9 cm³/mol. The zero-order chi connectivity index (χ0) is 15.9. The Hall–Kier alpha value is 0.0600. The summed E-state index contributed by atoms with van der Waals surface area (Å²) in [5, 5.41) is 38.0. The topological polar surface area (TPSA) is 214 Å². The second-order valence-corrected chi connectivity index (χ2v) is 6.47. The van der Waals surface area contributed by atoms with Gasteiger partial charge in [-0.3, -0.25) is 9.05 Å². The highest BCUT2D eigenvalue weighted by molar-refractivity contribution is 7.46. The van der Waals surface area contributed by atoms with Gasteiger partial charge in [-0.25, -0.2) is 9.13 Å². The minimum Gasteiger partial charge on any atom is -0.387 e. The van der Waals surface area contributed by atoms with Gasteiger partial charge in [0.05, 0.1) is 0 Å². The van der Waals surface area contributed by atoms with E-state index in [1.807, 2.05) is 0 Å². The van der Waals surface area contributed by atoms with E-state index in [0.717, 1.165) is 0 Å². The molecule has 1 aliphatic carbocycles. The zero-order valence-corrected chi connectivity index (χ0v) is 11.4. The number of hydrogen-bond donors (Lipinski definition) is 8. The normalized spacial score (nSPS) is 39.8. The number of hydrogen-bond acceptors (Lipinski definition) is 8. The van der Waals surface area contributed by atoms with Crippen molar-refractivity contribution in [3.05, 3.63) is 0 Å². The Morgan fingerprint density at radius 3 is 1.15 bits per heavy atom. The van der Waals surface area contributed by atoms with Crippen molar-refractivity contribution in [1.29, 1.82) is 0 Å². The van der Waals surface area contributed by atoms with Gasteiger partial charge in [0.25, 0.3) is 0 Å². The van der Waals surface area contributed by atoms with E-state index < -0.39 is 52.3 Å². The van der Waals surface area contributed by atoms with E-state index in [1.165, 1.54) is 0 Å². The summed E-state index contributed by atoms with van der Waals surface area (Å²) in [6, 6.07) is 0. The fourth-order valence-electron chi connectivity index (χ4n) is 1.75. The van der Waals surface area contributed by atoms with Gasteiger partial charge in [0.1, 0.15) is 36.6 Å². The van der Waals surface area contributed by atoms with Gasteiger partial charge in [-0.05, 0) is 0 Å². The van der Waals surface area contributed by atoms with Crippen molar-refractivity contribution >= 4 is 15.6 Å². The van der Waals surface area contributed by atoms with Gasteiger partial charge in [0.15, 0.2) is 0 Å². The minimum absolute atomic E-state index is 2.12. The molecule has 0 aliphatic heterocycles. The Balaban J connectivity index is 3.02. The van der Waals surface area contributed by atoms with Crippen molar-refractivity contribution in [2.45, 2.75) is 36.6 Å². The number of aliphatic hydroxyl groups excluding tert-OH is 4. The second-order valence-electron chi connectivity index (χ2n) is 4.08. The molecule has 0 spiro atoms. The first kappa shape index (κ1) is 18.1. The number of rotatable bonds is 4. The van der Waals surface area contributed by atoms with Gasteiger partial charge in [-0.15, -0.1) is 0 Å². The smallest absolute Gasteiger partial charge is 0.387 e. The van der Waals surface area contributed by atoms with Gasteiger partial charge in [-0.2, -0.15) is 0 Å². The SMILES string of the molecule is O=P(O)(O)OC1C(O)[C@@H](OP(=O)(O)O)C(O)C(O)[C@@H]1O. The maximum absolute atomic E-state index is 10.7. The lowest BCUT2D eigenvalue weighted by molar-refractivity contribution is -0.215. The Kier molecular flexibility index (Phi) is 5.48. The maximum Gasteiger partial charge on any atom is 0.470 e. The molecule has 8 N–H and O–H groups in total. The standard InChI is InChI=1S/C6H14O12P2/c7-1-2(8)5(17-19(11,12)13)4(10)6(3(1)9)18-20(14,15)16/h1-10H,(H2,11,12,13)(H2,14,15,16)/t1?,2-,3?,4?,5?,6-/m0/s1. The lowest BCUT2D eigenvalue weighted by atomic mass is 9.85. The van der Waals surface area contributed by atoms with Crippen molar-refractivity contribution in [1.82, 2.24) is 0 Å². The highest BCUT2D eigenvalue weighted by Crippen LogP contribution is 2.45. The number of aliphatic hydroxyl groups is 4. The quantitative estimate of drug-likeness (QED) is 0.233. The molecule has 1 rings (SSSR count). The summed E-state index contributed by atoms with van der Waals surface area (Å²) in [5.74, 6) is 0. The summed E-state index contributed by atoms with van der Waals surface area (Å²) < 4.78 is 29.4. The van der Waals surface area contributed by atoms with Crippen molar-refractivity contribution in [2.24, 2.45) is 0 Å². The van der Waals surface area contributed by atoms with Crippen LogP contribution in [0, 0.1) is 0 Å². The van der Waals surface area contributed by atoms with Crippen LogP contribution in [0.15, 0.2) is 0 Å². The lowest BCUT2D eigenvalue weighted by Gasteiger charge is -2.42. The third kappa shape index (κ3) is 4.53. The third-order valence-electron chi connectivity index (χ3n) is 2.56. The molecule has 0 aromatic carbocycles. The molecule has 120 valence electrons. The second kappa shape index (κ2) is 6.05. The Morgan fingerprint density at radius 1 is 0.600 bits per heavy atom. The van der Waals surface area contributed by atoms with Gasteiger partial charge < -0.3 is 40.0 Å². The molecule has 0 aromatic rings. The molecular formula is C6H14O12P2. The van der Waals surface area contributed by atoms with Gasteiger partial charge in [0, 0.05) is 0 Å². The van der Waals surface area contributed by atoms with E-state index in [9.17, 15) is 29.6 Å². The van der Waals surface area contributed by atoms with Crippen LogP contribution in [0.1, 0.15) is 0 Å². The summed E-state index contributed by atoms with van der Waals surface area (Å²) in [4.78, 5) is 34.4. The van der Waals surface area contributed by atoms with E-state index >= 15 is 0 Å². The van der Waals surface area contributed by atoms with E-state index in [1.54, 1.807) is 0 Å². The van der Waals surface area contributed by atoms with E-state index in [4.69, 9.17) is 19.6 Å². The largest absolute Gasteiger partial charge is 0.470 e. The molecule has 0 radical (unpaired) electrons. The van der Waals surface area contributed by atoms with Crippen molar-refractivity contribution < 1.29 is 58.2 Å². The van der Waals surface area contributed by atoms with Crippen LogP contribution in [0.2, 0.25) is 0 Å². The summed E-state index contributed by atoms with van der Waals surface area (Å²) >= 11 is 0. The van der Waals surface area contributed by atoms with Crippen molar-refractivity contribution in [2.75, 3.05) is 0 Å². The summed E-state index contributed by atoms with van der Waals surface area (Å²) in [6.07, 6.45) is -12.8.